The lowest BCUT2D eigenvalue weighted by Crippen LogP contribution is -2.11. The van der Waals surface area contributed by atoms with E-state index in [2.05, 4.69) is 5.32 Å². The number of halogens is 1. The van der Waals surface area contributed by atoms with Crippen LogP contribution in [0.5, 0.6) is 5.75 Å². The number of phenolic OH excluding ortho intramolecular Hbond substituents is 1. The topological polar surface area (TPSA) is 75.4 Å². The van der Waals surface area contributed by atoms with Gasteiger partial charge in [-0.1, -0.05) is 12.8 Å². The highest BCUT2D eigenvalue weighted by Gasteiger charge is 2.05. The van der Waals surface area contributed by atoms with Crippen LogP contribution in [0.4, 0.5) is 10.1 Å². The molecule has 0 aliphatic carbocycles. The maximum Gasteiger partial charge on any atom is 0.224 e. The van der Waals surface area contributed by atoms with Gasteiger partial charge in [0.05, 0.1) is 0 Å². The molecule has 0 radical (unpaired) electrons. The van der Waals surface area contributed by atoms with Crippen LogP contribution in [-0.2, 0) is 4.79 Å². The van der Waals surface area contributed by atoms with Crippen LogP contribution in [0.1, 0.15) is 32.1 Å². The summed E-state index contributed by atoms with van der Waals surface area (Å²) in [4.78, 5) is 11.5. The smallest absolute Gasteiger partial charge is 0.224 e. The molecular formula is C13H19FN2O2. The SMILES string of the molecule is NCCCCCCC(=O)Nc1ccc(O)c(F)c1. The van der Waals surface area contributed by atoms with Gasteiger partial charge in [0.15, 0.2) is 11.6 Å². The molecule has 0 aromatic heterocycles. The second-order valence-electron chi connectivity index (χ2n) is 4.17. The Kier molecular flexibility index (Phi) is 6.14. The Balaban J connectivity index is 2.29. The van der Waals surface area contributed by atoms with E-state index in [4.69, 9.17) is 10.8 Å². The van der Waals surface area contributed by atoms with Crippen molar-refractivity contribution in [1.82, 2.24) is 0 Å². The number of phenols is 1. The first-order chi connectivity index (χ1) is 8.63. The third-order valence-corrected chi connectivity index (χ3v) is 2.59. The maximum absolute atomic E-state index is 13.0. The maximum atomic E-state index is 13.0. The predicted octanol–water partition coefficient (Wildman–Crippen LogP) is 2.38. The van der Waals surface area contributed by atoms with Gasteiger partial charge in [-0.3, -0.25) is 4.79 Å². The van der Waals surface area contributed by atoms with E-state index in [1.165, 1.54) is 12.1 Å². The van der Waals surface area contributed by atoms with Gasteiger partial charge in [-0.05, 0) is 31.5 Å². The average Bonchev–Trinajstić information content (AvgIpc) is 2.34. The normalized spacial score (nSPS) is 10.3. The van der Waals surface area contributed by atoms with Crippen molar-refractivity contribution in [2.75, 3.05) is 11.9 Å². The van der Waals surface area contributed by atoms with E-state index in [-0.39, 0.29) is 5.91 Å². The highest BCUT2D eigenvalue weighted by molar-refractivity contribution is 5.90. The minimum atomic E-state index is -0.740. The van der Waals surface area contributed by atoms with Crippen molar-refractivity contribution in [2.24, 2.45) is 5.73 Å². The lowest BCUT2D eigenvalue weighted by molar-refractivity contribution is -0.116. The number of carbonyl (C=O) groups excluding carboxylic acids is 1. The fourth-order valence-electron chi connectivity index (χ4n) is 1.59. The van der Waals surface area contributed by atoms with E-state index >= 15 is 0 Å². The molecule has 0 atom stereocenters. The molecule has 0 saturated heterocycles. The van der Waals surface area contributed by atoms with E-state index in [9.17, 15) is 9.18 Å². The summed E-state index contributed by atoms with van der Waals surface area (Å²) < 4.78 is 13.0. The second-order valence-corrected chi connectivity index (χ2v) is 4.17. The van der Waals surface area contributed by atoms with E-state index in [0.29, 0.717) is 18.7 Å². The molecule has 0 saturated carbocycles. The molecule has 0 bridgehead atoms. The molecule has 5 heteroatoms. The Bertz CT molecular complexity index is 397. The van der Waals surface area contributed by atoms with E-state index in [0.717, 1.165) is 31.7 Å². The molecule has 0 heterocycles. The van der Waals surface area contributed by atoms with Gasteiger partial charge in [0.25, 0.3) is 0 Å². The number of amides is 1. The number of nitrogens with two attached hydrogens (primary N) is 1. The molecule has 4 N–H and O–H groups in total. The van der Waals surface area contributed by atoms with Crippen LogP contribution < -0.4 is 11.1 Å². The van der Waals surface area contributed by atoms with E-state index < -0.39 is 11.6 Å². The van der Waals surface area contributed by atoms with Crippen molar-refractivity contribution in [3.63, 3.8) is 0 Å². The number of rotatable bonds is 7. The highest BCUT2D eigenvalue weighted by Crippen LogP contribution is 2.19. The van der Waals surface area contributed by atoms with Gasteiger partial charge >= 0.3 is 0 Å². The van der Waals surface area contributed by atoms with Crippen molar-refractivity contribution in [3.8, 4) is 5.75 Å². The van der Waals surface area contributed by atoms with Crippen LogP contribution >= 0.6 is 0 Å². The number of hydrogen-bond acceptors (Lipinski definition) is 3. The van der Waals surface area contributed by atoms with Crippen molar-refractivity contribution in [3.05, 3.63) is 24.0 Å². The summed E-state index contributed by atoms with van der Waals surface area (Å²) in [5.74, 6) is -1.31. The van der Waals surface area contributed by atoms with Crippen LogP contribution in [0.2, 0.25) is 0 Å². The molecule has 0 fully saturated rings. The van der Waals surface area contributed by atoms with Gasteiger partial charge in [-0.15, -0.1) is 0 Å². The van der Waals surface area contributed by atoms with Crippen LogP contribution in [0.15, 0.2) is 18.2 Å². The molecule has 1 aromatic carbocycles. The quantitative estimate of drug-likeness (QED) is 0.516. The fourth-order valence-corrected chi connectivity index (χ4v) is 1.59. The van der Waals surface area contributed by atoms with Gasteiger partial charge in [0.1, 0.15) is 0 Å². The largest absolute Gasteiger partial charge is 0.505 e. The summed E-state index contributed by atoms with van der Waals surface area (Å²) in [5, 5.41) is 11.6. The summed E-state index contributed by atoms with van der Waals surface area (Å²) in [5.41, 5.74) is 5.72. The molecule has 1 rings (SSSR count). The van der Waals surface area contributed by atoms with Gasteiger partial charge < -0.3 is 16.2 Å². The minimum Gasteiger partial charge on any atom is -0.505 e. The molecule has 18 heavy (non-hydrogen) atoms. The van der Waals surface area contributed by atoms with E-state index in [1.807, 2.05) is 0 Å². The Morgan fingerprint density at radius 3 is 2.67 bits per heavy atom. The molecular weight excluding hydrogens is 235 g/mol. The van der Waals surface area contributed by atoms with Crippen molar-refractivity contribution in [2.45, 2.75) is 32.1 Å². The molecule has 0 aliphatic heterocycles. The number of carbonyl (C=O) groups is 1. The highest BCUT2D eigenvalue weighted by atomic mass is 19.1. The summed E-state index contributed by atoms with van der Waals surface area (Å²) >= 11 is 0. The Hall–Kier alpha value is -1.62. The Labute approximate surface area is 106 Å². The third kappa shape index (κ3) is 5.14. The Morgan fingerprint density at radius 1 is 1.28 bits per heavy atom. The summed E-state index contributed by atoms with van der Waals surface area (Å²) in [6.07, 6.45) is 4.18. The number of aromatic hydroxyl groups is 1. The summed E-state index contributed by atoms with van der Waals surface area (Å²) in [6.45, 7) is 0.680. The van der Waals surface area contributed by atoms with Crippen LogP contribution in [0, 0.1) is 5.82 Å². The van der Waals surface area contributed by atoms with Gasteiger partial charge in [0, 0.05) is 18.2 Å². The fraction of sp³-hybridized carbons (Fsp3) is 0.462. The lowest BCUT2D eigenvalue weighted by atomic mass is 10.1. The molecule has 1 aromatic rings. The predicted molar refractivity (Wildman–Crippen MR) is 68.8 cm³/mol. The molecule has 0 aliphatic rings. The number of hydrogen-bond donors (Lipinski definition) is 3. The zero-order chi connectivity index (χ0) is 13.4. The van der Waals surface area contributed by atoms with Gasteiger partial charge in [0.2, 0.25) is 5.91 Å². The van der Waals surface area contributed by atoms with Crippen molar-refractivity contribution in [1.29, 1.82) is 0 Å². The van der Waals surface area contributed by atoms with E-state index in [1.54, 1.807) is 0 Å². The molecule has 0 spiro atoms. The first-order valence-electron chi connectivity index (χ1n) is 6.12. The second kappa shape index (κ2) is 7.66. The third-order valence-electron chi connectivity index (χ3n) is 2.59. The summed E-state index contributed by atoms with van der Waals surface area (Å²) in [6, 6.07) is 3.78. The summed E-state index contributed by atoms with van der Waals surface area (Å²) in [7, 11) is 0. The zero-order valence-corrected chi connectivity index (χ0v) is 10.3. The monoisotopic (exact) mass is 254 g/mol. The molecule has 0 unspecified atom stereocenters. The molecule has 1 amide bonds. The molecule has 100 valence electrons. The van der Waals surface area contributed by atoms with Crippen LogP contribution in [-0.4, -0.2) is 17.6 Å². The number of nitrogens with one attached hydrogen (secondary N) is 1. The number of anilines is 1. The van der Waals surface area contributed by atoms with Crippen LogP contribution in [0.25, 0.3) is 0 Å². The van der Waals surface area contributed by atoms with Crippen LogP contribution in [0.3, 0.4) is 0 Å². The molecule has 4 nitrogen and oxygen atoms in total. The van der Waals surface area contributed by atoms with Crippen molar-refractivity contribution >= 4 is 11.6 Å². The standard InChI is InChI=1S/C13H19FN2O2/c14-11-9-10(6-7-12(11)17)16-13(18)5-3-1-2-4-8-15/h6-7,9,17H,1-5,8,15H2,(H,16,18). The zero-order valence-electron chi connectivity index (χ0n) is 10.3. The Morgan fingerprint density at radius 2 is 2.00 bits per heavy atom. The first-order valence-corrected chi connectivity index (χ1v) is 6.12. The van der Waals surface area contributed by atoms with Crippen molar-refractivity contribution < 1.29 is 14.3 Å². The van der Waals surface area contributed by atoms with Gasteiger partial charge in [-0.25, -0.2) is 4.39 Å². The lowest BCUT2D eigenvalue weighted by Gasteiger charge is -2.05. The average molecular weight is 254 g/mol. The van der Waals surface area contributed by atoms with Gasteiger partial charge in [-0.2, -0.15) is 0 Å². The first kappa shape index (κ1) is 14.4. The number of benzene rings is 1. The number of unbranched alkanes of at least 4 members (excludes halogenated alkanes) is 3. The minimum absolute atomic E-state index is 0.146.